The van der Waals surface area contributed by atoms with E-state index in [1.165, 1.54) is 6.92 Å². The van der Waals surface area contributed by atoms with Gasteiger partial charge in [-0.3, -0.25) is 4.79 Å². The summed E-state index contributed by atoms with van der Waals surface area (Å²) in [6.45, 7) is 1.34. The number of hydrogen-bond donors (Lipinski definition) is 2. The van der Waals surface area contributed by atoms with Crippen LogP contribution < -0.4 is 0 Å². The van der Waals surface area contributed by atoms with E-state index in [0.717, 1.165) is 4.86 Å². The van der Waals surface area contributed by atoms with Gasteiger partial charge < -0.3 is 10.2 Å². The summed E-state index contributed by atoms with van der Waals surface area (Å²) in [6, 6.07) is 0. The minimum Gasteiger partial charge on any atom is -0.385 e. The third-order valence-corrected chi connectivity index (χ3v) is 2.30. The number of rotatable bonds is 3. The van der Waals surface area contributed by atoms with Crippen LogP contribution in [0.25, 0.3) is 0 Å². The summed E-state index contributed by atoms with van der Waals surface area (Å²) in [5, 5.41) is 18.5. The van der Waals surface area contributed by atoms with Gasteiger partial charge in [0.15, 0.2) is 5.78 Å². The predicted molar refractivity (Wildman–Crippen MR) is 57.1 cm³/mol. The average Bonchev–Trinajstić information content (AvgIpc) is 2.16. The van der Waals surface area contributed by atoms with Gasteiger partial charge in [0.2, 0.25) is 0 Å². The van der Waals surface area contributed by atoms with Crippen LogP contribution in [0.15, 0.2) is 23.8 Å². The molecule has 14 heavy (non-hydrogen) atoms. The van der Waals surface area contributed by atoms with Crippen molar-refractivity contribution in [2.24, 2.45) is 0 Å². The van der Waals surface area contributed by atoms with E-state index in [9.17, 15) is 9.90 Å². The summed E-state index contributed by atoms with van der Waals surface area (Å²) in [5.41, 5.74) is 0.504. The maximum atomic E-state index is 11.2. The van der Waals surface area contributed by atoms with E-state index in [4.69, 9.17) is 17.3 Å². The highest BCUT2D eigenvalue weighted by atomic mass is 32.1. The SMILES string of the molecule is CC(O)C(=O)C(O)C1=CCC(=S)C=C1. The number of aliphatic hydroxyl groups is 2. The Balaban J connectivity index is 2.72. The molecule has 0 saturated carbocycles. The zero-order valence-electron chi connectivity index (χ0n) is 7.80. The fourth-order valence-corrected chi connectivity index (χ4v) is 1.29. The van der Waals surface area contributed by atoms with Gasteiger partial charge in [-0.2, -0.15) is 0 Å². The van der Waals surface area contributed by atoms with Gasteiger partial charge in [-0.05, 0) is 18.6 Å². The molecule has 2 atom stereocenters. The number of hydrogen-bond acceptors (Lipinski definition) is 4. The molecule has 3 nitrogen and oxygen atoms in total. The Hall–Kier alpha value is -0.840. The van der Waals surface area contributed by atoms with Crippen LogP contribution in [0, 0.1) is 0 Å². The topological polar surface area (TPSA) is 57.5 Å². The quantitative estimate of drug-likeness (QED) is 0.671. The van der Waals surface area contributed by atoms with Gasteiger partial charge in [-0.25, -0.2) is 0 Å². The van der Waals surface area contributed by atoms with Crippen molar-refractivity contribution in [1.82, 2.24) is 0 Å². The Morgan fingerprint density at radius 1 is 1.50 bits per heavy atom. The molecule has 2 unspecified atom stereocenters. The van der Waals surface area contributed by atoms with Crippen molar-refractivity contribution < 1.29 is 15.0 Å². The van der Waals surface area contributed by atoms with Crippen molar-refractivity contribution in [2.45, 2.75) is 25.6 Å². The number of allylic oxidation sites excluding steroid dienone is 2. The van der Waals surface area contributed by atoms with E-state index in [0.29, 0.717) is 12.0 Å². The van der Waals surface area contributed by atoms with Crippen LogP contribution in [0.5, 0.6) is 0 Å². The molecule has 1 aliphatic carbocycles. The van der Waals surface area contributed by atoms with Gasteiger partial charge in [0, 0.05) is 11.3 Å². The molecule has 0 heterocycles. The van der Waals surface area contributed by atoms with Crippen molar-refractivity contribution in [2.75, 3.05) is 0 Å². The second-order valence-corrected chi connectivity index (χ2v) is 3.71. The minimum absolute atomic E-state index is 0.504. The van der Waals surface area contributed by atoms with Crippen molar-refractivity contribution >= 4 is 22.9 Å². The molecule has 0 aromatic rings. The monoisotopic (exact) mass is 212 g/mol. The summed E-state index contributed by atoms with van der Waals surface area (Å²) in [7, 11) is 0. The minimum atomic E-state index is -1.24. The Kier molecular flexibility index (Phi) is 3.69. The Morgan fingerprint density at radius 2 is 2.14 bits per heavy atom. The van der Waals surface area contributed by atoms with Crippen LogP contribution in [0.4, 0.5) is 0 Å². The van der Waals surface area contributed by atoms with E-state index in [2.05, 4.69) is 0 Å². The van der Waals surface area contributed by atoms with Gasteiger partial charge in [0.05, 0.1) is 0 Å². The smallest absolute Gasteiger partial charge is 0.193 e. The van der Waals surface area contributed by atoms with Crippen LogP contribution in [0.1, 0.15) is 13.3 Å². The zero-order chi connectivity index (χ0) is 10.7. The largest absolute Gasteiger partial charge is 0.385 e. The van der Waals surface area contributed by atoms with Crippen molar-refractivity contribution in [3.63, 3.8) is 0 Å². The van der Waals surface area contributed by atoms with Gasteiger partial charge in [0.25, 0.3) is 0 Å². The number of ketones is 1. The molecule has 1 aliphatic rings. The third kappa shape index (κ3) is 2.57. The predicted octanol–water partition coefficient (Wildman–Crippen LogP) is 0.553. The number of aliphatic hydroxyl groups excluding tert-OH is 2. The zero-order valence-corrected chi connectivity index (χ0v) is 8.62. The molecule has 0 bridgehead atoms. The first-order valence-electron chi connectivity index (χ1n) is 4.33. The second kappa shape index (κ2) is 4.59. The molecular weight excluding hydrogens is 200 g/mol. The van der Waals surface area contributed by atoms with Crippen LogP contribution in [-0.4, -0.2) is 33.1 Å². The number of carbonyl (C=O) groups is 1. The molecule has 2 N–H and O–H groups in total. The van der Waals surface area contributed by atoms with E-state index in [1.54, 1.807) is 18.2 Å². The molecule has 76 valence electrons. The third-order valence-electron chi connectivity index (χ3n) is 2.00. The summed E-state index contributed by atoms with van der Waals surface area (Å²) in [4.78, 5) is 12.0. The summed E-state index contributed by atoms with van der Waals surface area (Å²) in [5.74, 6) is -0.589. The molecular formula is C10H12O3S. The summed E-state index contributed by atoms with van der Waals surface area (Å²) in [6.07, 6.45) is 3.17. The van der Waals surface area contributed by atoms with Gasteiger partial charge in [-0.1, -0.05) is 24.4 Å². The Labute approximate surface area is 87.7 Å². The molecule has 4 heteroatoms. The number of thiocarbonyl (C=S) groups is 1. The first-order chi connectivity index (χ1) is 6.52. The normalized spacial score (nSPS) is 20.2. The Morgan fingerprint density at radius 3 is 2.57 bits per heavy atom. The fraction of sp³-hybridized carbons (Fsp3) is 0.400. The van der Waals surface area contributed by atoms with Gasteiger partial charge >= 0.3 is 0 Å². The first-order valence-corrected chi connectivity index (χ1v) is 4.74. The number of carbonyl (C=O) groups excluding carboxylic acids is 1. The van der Waals surface area contributed by atoms with Crippen LogP contribution >= 0.6 is 12.2 Å². The molecule has 0 aliphatic heterocycles. The molecule has 1 rings (SSSR count). The first kappa shape index (κ1) is 11.2. The average molecular weight is 212 g/mol. The van der Waals surface area contributed by atoms with Gasteiger partial charge in [-0.15, -0.1) is 0 Å². The summed E-state index contributed by atoms with van der Waals surface area (Å²) < 4.78 is 0. The lowest BCUT2D eigenvalue weighted by molar-refractivity contribution is -0.132. The van der Waals surface area contributed by atoms with E-state index in [-0.39, 0.29) is 0 Å². The number of Topliss-reactive ketones (excluding diaryl/α,β-unsaturated/α-hetero) is 1. The lowest BCUT2D eigenvalue weighted by Gasteiger charge is -2.14. The molecule has 0 aromatic heterocycles. The van der Waals surface area contributed by atoms with Crippen LogP contribution in [0.3, 0.4) is 0 Å². The molecule has 0 spiro atoms. The lowest BCUT2D eigenvalue weighted by Crippen LogP contribution is -2.31. The highest BCUT2D eigenvalue weighted by molar-refractivity contribution is 7.80. The van der Waals surface area contributed by atoms with Crippen molar-refractivity contribution in [1.29, 1.82) is 0 Å². The maximum absolute atomic E-state index is 11.2. The lowest BCUT2D eigenvalue weighted by atomic mass is 9.97. The summed E-state index contributed by atoms with van der Waals surface area (Å²) >= 11 is 4.92. The second-order valence-electron chi connectivity index (χ2n) is 3.19. The van der Waals surface area contributed by atoms with Crippen LogP contribution in [0.2, 0.25) is 0 Å². The molecule has 0 saturated heterocycles. The van der Waals surface area contributed by atoms with Crippen LogP contribution in [-0.2, 0) is 4.79 Å². The highest BCUT2D eigenvalue weighted by Gasteiger charge is 2.23. The molecule has 0 radical (unpaired) electrons. The molecule has 0 aromatic carbocycles. The van der Waals surface area contributed by atoms with E-state index >= 15 is 0 Å². The highest BCUT2D eigenvalue weighted by Crippen LogP contribution is 2.14. The maximum Gasteiger partial charge on any atom is 0.193 e. The Bertz CT molecular complexity index is 315. The standard InChI is InChI=1S/C10H12O3S/c1-6(11)9(12)10(13)7-2-4-8(14)5-3-7/h2-4,6,10-11,13H,5H2,1H3. The molecule has 0 amide bonds. The molecule has 0 fully saturated rings. The van der Waals surface area contributed by atoms with E-state index in [1.807, 2.05) is 0 Å². The van der Waals surface area contributed by atoms with Crippen molar-refractivity contribution in [3.05, 3.63) is 23.8 Å². The van der Waals surface area contributed by atoms with Crippen molar-refractivity contribution in [3.8, 4) is 0 Å². The fourth-order valence-electron chi connectivity index (χ4n) is 1.14. The van der Waals surface area contributed by atoms with Gasteiger partial charge in [0.1, 0.15) is 12.2 Å². The van der Waals surface area contributed by atoms with E-state index < -0.39 is 18.0 Å².